The molecule has 1 rings (SSSR count). The summed E-state index contributed by atoms with van der Waals surface area (Å²) in [5, 5.41) is 9.46. The predicted molar refractivity (Wildman–Crippen MR) is 67.3 cm³/mol. The number of nitrogens with zero attached hydrogens (tertiary/aromatic N) is 2. The van der Waals surface area contributed by atoms with Crippen molar-refractivity contribution < 1.29 is 19.4 Å². The maximum absolute atomic E-state index is 12.0. The number of hydrogen-bond donors (Lipinski definition) is 1. The van der Waals surface area contributed by atoms with Gasteiger partial charge in [0.05, 0.1) is 6.61 Å². The van der Waals surface area contributed by atoms with Gasteiger partial charge in [-0.25, -0.2) is 9.97 Å². The minimum Gasteiger partial charge on any atom is -0.480 e. The lowest BCUT2D eigenvalue weighted by Gasteiger charge is -2.25. The molecule has 1 unspecified atom stereocenters. The second kappa shape index (κ2) is 6.82. The number of carbonyl (C=O) groups excluding carboxylic acids is 1. The third-order valence-electron chi connectivity index (χ3n) is 2.83. The Morgan fingerprint density at radius 1 is 1.32 bits per heavy atom. The van der Waals surface area contributed by atoms with Crippen LogP contribution in [0.3, 0.4) is 0 Å². The first-order valence-electron chi connectivity index (χ1n) is 6.23. The number of aliphatic carboxylic acids is 1. The number of esters is 1. The Balaban J connectivity index is 3.09. The fourth-order valence-corrected chi connectivity index (χ4v) is 1.92. The van der Waals surface area contributed by atoms with Crippen LogP contribution in [0, 0.1) is 5.41 Å². The molecule has 0 amide bonds. The van der Waals surface area contributed by atoms with Crippen LogP contribution in [0.15, 0.2) is 18.5 Å². The van der Waals surface area contributed by atoms with Gasteiger partial charge in [0.25, 0.3) is 0 Å². The summed E-state index contributed by atoms with van der Waals surface area (Å²) in [7, 11) is 0. The van der Waals surface area contributed by atoms with Crippen molar-refractivity contribution in [3.05, 3.63) is 24.3 Å². The molecule has 0 spiro atoms. The highest BCUT2D eigenvalue weighted by Gasteiger charge is 2.47. The molecule has 1 aromatic heterocycles. The third kappa shape index (κ3) is 3.49. The summed E-state index contributed by atoms with van der Waals surface area (Å²) in [5.74, 6) is -1.59. The van der Waals surface area contributed by atoms with Crippen molar-refractivity contribution >= 4 is 11.9 Å². The third-order valence-corrected chi connectivity index (χ3v) is 2.83. The predicted octanol–water partition coefficient (Wildman–Crippen LogP) is 1.45. The first-order valence-corrected chi connectivity index (χ1v) is 6.23. The molecule has 104 valence electrons. The van der Waals surface area contributed by atoms with Gasteiger partial charge in [-0.2, -0.15) is 0 Å². The molecule has 0 fully saturated rings. The Bertz CT molecular complexity index is 436. The molecular weight excluding hydrogens is 248 g/mol. The largest absolute Gasteiger partial charge is 0.480 e. The SMILES string of the molecule is CCCC(Cc1ncccn1)(C(=O)O)C(=O)OCC. The van der Waals surface area contributed by atoms with Crippen LogP contribution in [0.25, 0.3) is 0 Å². The number of carbonyl (C=O) groups is 2. The van der Waals surface area contributed by atoms with E-state index < -0.39 is 17.4 Å². The molecule has 0 saturated heterocycles. The molecule has 0 aliphatic carbocycles. The molecule has 6 nitrogen and oxygen atoms in total. The second-order valence-electron chi connectivity index (χ2n) is 4.20. The number of carboxylic acids is 1. The monoisotopic (exact) mass is 266 g/mol. The quantitative estimate of drug-likeness (QED) is 0.593. The summed E-state index contributed by atoms with van der Waals surface area (Å²) in [6, 6.07) is 1.64. The van der Waals surface area contributed by atoms with E-state index in [0.717, 1.165) is 0 Å². The highest BCUT2D eigenvalue weighted by atomic mass is 16.5. The van der Waals surface area contributed by atoms with Crippen molar-refractivity contribution in [2.45, 2.75) is 33.1 Å². The van der Waals surface area contributed by atoms with E-state index in [-0.39, 0.29) is 19.4 Å². The zero-order valence-corrected chi connectivity index (χ0v) is 11.1. The summed E-state index contributed by atoms with van der Waals surface area (Å²) >= 11 is 0. The number of ether oxygens (including phenoxy) is 1. The number of hydrogen-bond acceptors (Lipinski definition) is 5. The lowest BCUT2D eigenvalue weighted by atomic mass is 9.80. The van der Waals surface area contributed by atoms with Crippen LogP contribution in [-0.2, 0) is 20.7 Å². The van der Waals surface area contributed by atoms with Gasteiger partial charge in [-0.1, -0.05) is 13.3 Å². The molecular formula is C13H18N2O4. The van der Waals surface area contributed by atoms with Crippen LogP contribution < -0.4 is 0 Å². The van der Waals surface area contributed by atoms with E-state index in [4.69, 9.17) is 4.74 Å². The van der Waals surface area contributed by atoms with Gasteiger partial charge in [0.1, 0.15) is 5.82 Å². The van der Waals surface area contributed by atoms with Crippen molar-refractivity contribution in [3.8, 4) is 0 Å². The van der Waals surface area contributed by atoms with Gasteiger partial charge in [0, 0.05) is 18.8 Å². The van der Waals surface area contributed by atoms with Crippen molar-refractivity contribution in [2.24, 2.45) is 5.41 Å². The molecule has 0 aromatic carbocycles. The van der Waals surface area contributed by atoms with E-state index in [1.165, 1.54) is 12.4 Å². The molecule has 0 aliphatic heterocycles. The van der Waals surface area contributed by atoms with Gasteiger partial charge in [0.15, 0.2) is 5.41 Å². The number of carboxylic acid groups (broad SMARTS) is 1. The Morgan fingerprint density at radius 2 is 1.95 bits per heavy atom. The van der Waals surface area contributed by atoms with Gasteiger partial charge in [-0.3, -0.25) is 9.59 Å². The molecule has 1 N–H and O–H groups in total. The van der Waals surface area contributed by atoms with Gasteiger partial charge >= 0.3 is 11.9 Å². The van der Waals surface area contributed by atoms with Crippen LogP contribution in [-0.4, -0.2) is 33.6 Å². The maximum atomic E-state index is 12.0. The molecule has 19 heavy (non-hydrogen) atoms. The van der Waals surface area contributed by atoms with E-state index in [0.29, 0.717) is 12.2 Å². The second-order valence-corrected chi connectivity index (χ2v) is 4.20. The summed E-state index contributed by atoms with van der Waals surface area (Å²) in [4.78, 5) is 31.6. The van der Waals surface area contributed by atoms with Gasteiger partial charge in [-0.15, -0.1) is 0 Å². The van der Waals surface area contributed by atoms with E-state index in [1.807, 2.05) is 6.92 Å². The summed E-state index contributed by atoms with van der Waals surface area (Å²) in [6.45, 7) is 3.62. The molecule has 0 bridgehead atoms. The van der Waals surface area contributed by atoms with Crippen LogP contribution in [0.2, 0.25) is 0 Å². The minimum atomic E-state index is -1.61. The number of aromatic nitrogens is 2. The fourth-order valence-electron chi connectivity index (χ4n) is 1.92. The van der Waals surface area contributed by atoms with E-state index in [9.17, 15) is 14.7 Å². The zero-order chi connectivity index (χ0) is 14.3. The Kier molecular flexibility index (Phi) is 5.41. The maximum Gasteiger partial charge on any atom is 0.323 e. The zero-order valence-electron chi connectivity index (χ0n) is 11.1. The minimum absolute atomic E-state index is 0.0597. The number of rotatable bonds is 7. The average Bonchev–Trinajstić information content (AvgIpc) is 2.39. The highest BCUT2D eigenvalue weighted by Crippen LogP contribution is 2.30. The van der Waals surface area contributed by atoms with Crippen molar-refractivity contribution in [1.29, 1.82) is 0 Å². The average molecular weight is 266 g/mol. The van der Waals surface area contributed by atoms with Gasteiger partial charge < -0.3 is 9.84 Å². The van der Waals surface area contributed by atoms with E-state index >= 15 is 0 Å². The van der Waals surface area contributed by atoms with E-state index in [1.54, 1.807) is 13.0 Å². The first kappa shape index (κ1) is 15.1. The van der Waals surface area contributed by atoms with Crippen molar-refractivity contribution in [1.82, 2.24) is 9.97 Å². The molecule has 0 aliphatic rings. The molecule has 6 heteroatoms. The fraction of sp³-hybridized carbons (Fsp3) is 0.538. The molecule has 1 heterocycles. The standard InChI is InChI=1S/C13H18N2O4/c1-3-6-13(11(16)17,12(18)19-4-2)9-10-14-7-5-8-15-10/h5,7-8H,3-4,6,9H2,1-2H3,(H,16,17). The summed E-state index contributed by atoms with van der Waals surface area (Å²) in [6.07, 6.45) is 3.73. The lowest BCUT2D eigenvalue weighted by molar-refractivity contribution is -0.169. The Hall–Kier alpha value is -1.98. The van der Waals surface area contributed by atoms with Crippen molar-refractivity contribution in [3.63, 3.8) is 0 Å². The lowest BCUT2D eigenvalue weighted by Crippen LogP contribution is -2.43. The van der Waals surface area contributed by atoms with Crippen LogP contribution in [0.5, 0.6) is 0 Å². The highest BCUT2D eigenvalue weighted by molar-refractivity contribution is 5.99. The Labute approximate surface area is 111 Å². The van der Waals surface area contributed by atoms with Crippen molar-refractivity contribution in [2.75, 3.05) is 6.61 Å². The van der Waals surface area contributed by atoms with Gasteiger partial charge in [-0.05, 0) is 19.4 Å². The molecule has 1 atom stereocenters. The summed E-state index contributed by atoms with van der Waals surface area (Å²) < 4.78 is 4.92. The van der Waals surface area contributed by atoms with E-state index in [2.05, 4.69) is 9.97 Å². The molecule has 0 saturated carbocycles. The van der Waals surface area contributed by atoms with Crippen LogP contribution >= 0.6 is 0 Å². The van der Waals surface area contributed by atoms with Crippen LogP contribution in [0.4, 0.5) is 0 Å². The normalized spacial score (nSPS) is 13.6. The van der Waals surface area contributed by atoms with Gasteiger partial charge in [0.2, 0.25) is 0 Å². The topological polar surface area (TPSA) is 89.4 Å². The first-order chi connectivity index (χ1) is 9.06. The Morgan fingerprint density at radius 3 is 2.42 bits per heavy atom. The molecule has 0 radical (unpaired) electrons. The van der Waals surface area contributed by atoms with Crippen LogP contribution in [0.1, 0.15) is 32.5 Å². The smallest absolute Gasteiger partial charge is 0.323 e. The molecule has 1 aromatic rings. The summed E-state index contributed by atoms with van der Waals surface area (Å²) in [5.41, 5.74) is -1.61.